The fraction of sp³-hybridized carbons (Fsp3) is 0.636. The van der Waals surface area contributed by atoms with Gasteiger partial charge < -0.3 is 9.88 Å². The molecule has 1 amide bonds. The Morgan fingerprint density at radius 1 is 1.28 bits per heavy atom. The molecule has 3 heterocycles. The number of hydrogen-bond acceptors (Lipinski definition) is 4. The first kappa shape index (κ1) is 19.9. The fourth-order valence-electron chi connectivity index (χ4n) is 4.73. The number of likely N-dealkylation sites (tertiary alicyclic amines) is 1. The third-order valence-corrected chi connectivity index (χ3v) is 6.56. The summed E-state index contributed by atoms with van der Waals surface area (Å²) in [7, 11) is 0. The molecule has 1 unspecified atom stereocenters. The highest BCUT2D eigenvalue weighted by atomic mass is 16.2. The summed E-state index contributed by atoms with van der Waals surface area (Å²) in [5.41, 5.74) is 1.60. The van der Waals surface area contributed by atoms with Crippen LogP contribution in [-0.4, -0.2) is 43.6 Å². The van der Waals surface area contributed by atoms with Crippen LogP contribution in [0, 0.1) is 5.92 Å². The smallest absolute Gasteiger partial charge is 0.254 e. The molecule has 7 nitrogen and oxygen atoms in total. The van der Waals surface area contributed by atoms with Gasteiger partial charge in [0.15, 0.2) is 0 Å². The average molecular weight is 398 g/mol. The van der Waals surface area contributed by atoms with E-state index in [1.165, 1.54) is 0 Å². The lowest BCUT2D eigenvalue weighted by Gasteiger charge is -2.40. The van der Waals surface area contributed by atoms with Crippen molar-refractivity contribution in [3.05, 3.63) is 45.9 Å². The number of piperidine rings is 1. The quantitative estimate of drug-likeness (QED) is 0.862. The molecule has 4 rings (SSSR count). The number of carbonyl (C=O) groups excluding carboxylic acids is 1. The second-order valence-electron chi connectivity index (χ2n) is 9.73. The third kappa shape index (κ3) is 3.63. The second kappa shape index (κ2) is 7.11. The van der Waals surface area contributed by atoms with Crippen LogP contribution < -0.4 is 5.56 Å². The lowest BCUT2D eigenvalue weighted by Crippen LogP contribution is -2.47. The predicted molar refractivity (Wildman–Crippen MR) is 111 cm³/mol. The van der Waals surface area contributed by atoms with Gasteiger partial charge in [0.25, 0.3) is 5.56 Å². The van der Waals surface area contributed by atoms with E-state index in [4.69, 9.17) is 4.98 Å². The van der Waals surface area contributed by atoms with Crippen LogP contribution in [0.3, 0.4) is 0 Å². The van der Waals surface area contributed by atoms with Gasteiger partial charge in [-0.15, -0.1) is 0 Å². The molecule has 1 N–H and O–H groups in total. The van der Waals surface area contributed by atoms with E-state index in [0.717, 1.165) is 55.9 Å². The molecule has 1 spiro atoms. The Morgan fingerprint density at radius 2 is 2.00 bits per heavy atom. The zero-order valence-corrected chi connectivity index (χ0v) is 17.9. The molecule has 29 heavy (non-hydrogen) atoms. The molecule has 1 aliphatic heterocycles. The normalized spacial score (nSPS) is 19.4. The van der Waals surface area contributed by atoms with E-state index in [-0.39, 0.29) is 28.2 Å². The van der Waals surface area contributed by atoms with Crippen molar-refractivity contribution in [2.45, 2.75) is 70.8 Å². The van der Waals surface area contributed by atoms with E-state index in [0.29, 0.717) is 6.54 Å². The van der Waals surface area contributed by atoms with Crippen LogP contribution in [0.4, 0.5) is 0 Å². The van der Waals surface area contributed by atoms with Crippen LogP contribution in [0.15, 0.2) is 23.3 Å². The number of H-pyrrole nitrogens is 1. The van der Waals surface area contributed by atoms with Gasteiger partial charge in [-0.1, -0.05) is 27.7 Å². The molecule has 0 bridgehead atoms. The maximum Gasteiger partial charge on any atom is 0.254 e. The Bertz CT molecular complexity index is 947. The second-order valence-corrected chi connectivity index (χ2v) is 9.73. The van der Waals surface area contributed by atoms with Crippen LogP contribution in [0.25, 0.3) is 0 Å². The molecule has 2 aromatic heterocycles. The van der Waals surface area contributed by atoms with Gasteiger partial charge >= 0.3 is 0 Å². The van der Waals surface area contributed by atoms with Gasteiger partial charge in [-0.3, -0.25) is 14.3 Å². The van der Waals surface area contributed by atoms with Gasteiger partial charge in [0.2, 0.25) is 5.91 Å². The van der Waals surface area contributed by atoms with Gasteiger partial charge in [-0.05, 0) is 31.7 Å². The summed E-state index contributed by atoms with van der Waals surface area (Å²) in [6.07, 6.45) is 7.11. The van der Waals surface area contributed by atoms with Crippen molar-refractivity contribution < 1.29 is 4.79 Å². The minimum Gasteiger partial charge on any atom is -0.342 e. The minimum absolute atomic E-state index is 0.0168. The summed E-state index contributed by atoms with van der Waals surface area (Å²) < 4.78 is 1.81. The summed E-state index contributed by atoms with van der Waals surface area (Å²) in [5.74, 6) is 0.838. The number of fused-ring (bicyclic) bond motifs is 2. The highest BCUT2D eigenvalue weighted by Gasteiger charge is 2.45. The number of nitrogens with one attached hydrogen (secondary N) is 1. The molecule has 0 radical (unpaired) electrons. The molecule has 0 saturated carbocycles. The third-order valence-electron chi connectivity index (χ3n) is 6.56. The van der Waals surface area contributed by atoms with E-state index in [9.17, 15) is 9.59 Å². The van der Waals surface area contributed by atoms with E-state index in [1.54, 1.807) is 6.20 Å². The Balaban J connectivity index is 1.50. The number of hydrogen-bond donors (Lipinski definition) is 1. The Kier molecular flexibility index (Phi) is 4.87. The van der Waals surface area contributed by atoms with E-state index in [1.807, 2.05) is 28.8 Å². The molecule has 2 aromatic rings. The highest BCUT2D eigenvalue weighted by molar-refractivity contribution is 5.78. The SMILES string of the molecule is CC(Cn1cccn1)C(=O)N1CCC2(CCc3c2nc(C(C)(C)C)[nH]c3=O)CC1. The van der Waals surface area contributed by atoms with E-state index in [2.05, 4.69) is 30.9 Å². The summed E-state index contributed by atoms with van der Waals surface area (Å²) in [4.78, 5) is 35.5. The fourth-order valence-corrected chi connectivity index (χ4v) is 4.73. The zero-order valence-electron chi connectivity index (χ0n) is 17.9. The predicted octanol–water partition coefficient (Wildman–Crippen LogP) is 2.41. The lowest BCUT2D eigenvalue weighted by atomic mass is 9.76. The molecule has 156 valence electrons. The van der Waals surface area contributed by atoms with Crippen molar-refractivity contribution >= 4 is 5.91 Å². The van der Waals surface area contributed by atoms with Gasteiger partial charge in [0, 0.05) is 41.9 Å². The zero-order chi connectivity index (χ0) is 20.8. The first-order valence-corrected chi connectivity index (χ1v) is 10.6. The van der Waals surface area contributed by atoms with Crippen molar-refractivity contribution in [2.75, 3.05) is 13.1 Å². The van der Waals surface area contributed by atoms with Crippen LogP contribution in [0.5, 0.6) is 0 Å². The van der Waals surface area contributed by atoms with Crippen molar-refractivity contribution in [1.29, 1.82) is 0 Å². The van der Waals surface area contributed by atoms with Crippen molar-refractivity contribution in [2.24, 2.45) is 5.92 Å². The van der Waals surface area contributed by atoms with E-state index >= 15 is 0 Å². The summed E-state index contributed by atoms with van der Waals surface area (Å²) in [5, 5.41) is 4.21. The Hall–Kier alpha value is -2.44. The molecule has 2 aliphatic rings. The molecular formula is C22H31N5O2. The first-order valence-electron chi connectivity index (χ1n) is 10.6. The molecular weight excluding hydrogens is 366 g/mol. The molecule has 1 atom stereocenters. The molecule has 0 aromatic carbocycles. The van der Waals surface area contributed by atoms with Crippen LogP contribution in [0.2, 0.25) is 0 Å². The summed E-state index contributed by atoms with van der Waals surface area (Å²) >= 11 is 0. The van der Waals surface area contributed by atoms with Gasteiger partial charge in [-0.2, -0.15) is 5.10 Å². The molecule has 7 heteroatoms. The number of aromatic amines is 1. The Labute approximate surface area is 171 Å². The molecule has 1 fully saturated rings. The standard InChI is InChI=1S/C22H31N5O2/c1-15(14-27-11-5-10-23-27)19(29)26-12-8-22(9-13-26)7-6-16-17(22)24-20(21(2,3)4)25-18(16)28/h5,10-11,15H,6-9,12-14H2,1-4H3,(H,24,25,28). The van der Waals surface area contributed by atoms with Crippen LogP contribution in [0.1, 0.15) is 64.0 Å². The maximum absolute atomic E-state index is 12.9. The van der Waals surface area contributed by atoms with Gasteiger partial charge in [-0.25, -0.2) is 4.98 Å². The molecule has 1 aliphatic carbocycles. The monoisotopic (exact) mass is 397 g/mol. The van der Waals surface area contributed by atoms with Crippen LogP contribution >= 0.6 is 0 Å². The van der Waals surface area contributed by atoms with E-state index < -0.39 is 0 Å². The number of rotatable bonds is 3. The van der Waals surface area contributed by atoms with Gasteiger partial charge in [0.1, 0.15) is 5.82 Å². The largest absolute Gasteiger partial charge is 0.342 e. The van der Waals surface area contributed by atoms with Crippen molar-refractivity contribution in [3.8, 4) is 0 Å². The average Bonchev–Trinajstić information content (AvgIpc) is 3.30. The van der Waals surface area contributed by atoms with Gasteiger partial charge in [0.05, 0.1) is 18.2 Å². The number of amides is 1. The number of aromatic nitrogens is 4. The summed E-state index contributed by atoms with van der Waals surface area (Å²) in [6, 6.07) is 1.87. The number of nitrogens with zero attached hydrogens (tertiary/aromatic N) is 4. The summed E-state index contributed by atoms with van der Waals surface area (Å²) in [6.45, 7) is 10.2. The molecule has 1 saturated heterocycles. The number of carbonyl (C=O) groups is 1. The van der Waals surface area contributed by atoms with Crippen molar-refractivity contribution in [3.63, 3.8) is 0 Å². The highest BCUT2D eigenvalue weighted by Crippen LogP contribution is 2.44. The maximum atomic E-state index is 12.9. The first-order chi connectivity index (χ1) is 13.7. The van der Waals surface area contributed by atoms with Crippen LogP contribution in [-0.2, 0) is 28.6 Å². The Morgan fingerprint density at radius 3 is 2.62 bits per heavy atom. The topological polar surface area (TPSA) is 83.9 Å². The minimum atomic E-state index is -0.198. The lowest BCUT2D eigenvalue weighted by molar-refractivity contribution is -0.137. The van der Waals surface area contributed by atoms with Crippen molar-refractivity contribution in [1.82, 2.24) is 24.6 Å².